The second-order valence-electron chi connectivity index (χ2n) is 5.12. The van der Waals surface area contributed by atoms with E-state index in [4.69, 9.17) is 5.73 Å². The molecule has 0 spiro atoms. The lowest BCUT2D eigenvalue weighted by molar-refractivity contribution is 0.592. The van der Waals surface area contributed by atoms with Crippen LogP contribution in [0.15, 0.2) is 34.3 Å². The molecule has 1 aliphatic rings. The number of aromatic nitrogens is 3. The average Bonchev–Trinajstić information content (AvgIpc) is 3.08. The molecule has 0 bridgehead atoms. The molecule has 2 N–H and O–H groups in total. The first-order valence-electron chi connectivity index (χ1n) is 7.31. The standard InChI is InChI=1S/C15H20N4S2/c1-2-7-19-14(9-16)17-18-15(19)20-10-12-8-11-5-3-4-6-13(11)21-12/h3-6,12H,2,7-10,16H2,1H3. The second-order valence-corrected chi connectivity index (χ2v) is 7.45. The first-order valence-corrected chi connectivity index (χ1v) is 9.17. The summed E-state index contributed by atoms with van der Waals surface area (Å²) in [5.74, 6) is 1.95. The maximum absolute atomic E-state index is 5.73. The van der Waals surface area contributed by atoms with E-state index >= 15 is 0 Å². The van der Waals surface area contributed by atoms with E-state index in [2.05, 4.69) is 46.0 Å². The Kier molecular flexibility index (Phi) is 4.87. The molecule has 4 nitrogen and oxygen atoms in total. The summed E-state index contributed by atoms with van der Waals surface area (Å²) in [7, 11) is 0. The normalized spacial score (nSPS) is 17.1. The van der Waals surface area contributed by atoms with Gasteiger partial charge in [-0.3, -0.25) is 0 Å². The van der Waals surface area contributed by atoms with Crippen LogP contribution >= 0.6 is 23.5 Å². The molecule has 0 saturated carbocycles. The summed E-state index contributed by atoms with van der Waals surface area (Å²) in [6.07, 6.45) is 2.22. The van der Waals surface area contributed by atoms with Crippen LogP contribution in [-0.2, 0) is 19.5 Å². The van der Waals surface area contributed by atoms with Gasteiger partial charge < -0.3 is 10.3 Å². The van der Waals surface area contributed by atoms with Crippen LogP contribution < -0.4 is 5.73 Å². The highest BCUT2D eigenvalue weighted by Crippen LogP contribution is 2.39. The van der Waals surface area contributed by atoms with Crippen LogP contribution in [0.4, 0.5) is 0 Å². The van der Waals surface area contributed by atoms with E-state index in [-0.39, 0.29) is 0 Å². The Morgan fingerprint density at radius 2 is 2.24 bits per heavy atom. The monoisotopic (exact) mass is 320 g/mol. The molecule has 1 aromatic heterocycles. The Balaban J connectivity index is 1.63. The van der Waals surface area contributed by atoms with Crippen molar-refractivity contribution in [2.24, 2.45) is 5.73 Å². The fourth-order valence-corrected chi connectivity index (χ4v) is 5.00. The minimum Gasteiger partial charge on any atom is -0.324 e. The van der Waals surface area contributed by atoms with Gasteiger partial charge in [0.1, 0.15) is 5.82 Å². The maximum atomic E-state index is 5.73. The van der Waals surface area contributed by atoms with Gasteiger partial charge in [0.25, 0.3) is 0 Å². The topological polar surface area (TPSA) is 56.7 Å². The third-order valence-corrected chi connectivity index (χ3v) is 6.19. The number of hydrogen-bond acceptors (Lipinski definition) is 5. The maximum Gasteiger partial charge on any atom is 0.191 e. The SMILES string of the molecule is CCCn1c(CN)nnc1SCC1Cc2ccccc2S1. The fraction of sp³-hybridized carbons (Fsp3) is 0.467. The van der Waals surface area contributed by atoms with Crippen LogP contribution in [0, 0.1) is 0 Å². The number of rotatable bonds is 6. The molecule has 3 rings (SSSR count). The molecule has 112 valence electrons. The predicted octanol–water partition coefficient (Wildman–Crippen LogP) is 2.96. The molecule has 0 saturated heterocycles. The van der Waals surface area contributed by atoms with Crippen molar-refractivity contribution in [3.05, 3.63) is 35.7 Å². The van der Waals surface area contributed by atoms with Crippen molar-refractivity contribution >= 4 is 23.5 Å². The van der Waals surface area contributed by atoms with E-state index in [0.29, 0.717) is 11.8 Å². The highest BCUT2D eigenvalue weighted by molar-refractivity contribution is 8.03. The molecule has 1 unspecified atom stereocenters. The Bertz CT molecular complexity index is 586. The minimum atomic E-state index is 0.456. The van der Waals surface area contributed by atoms with E-state index < -0.39 is 0 Å². The van der Waals surface area contributed by atoms with Gasteiger partial charge in [0, 0.05) is 22.4 Å². The Hall–Kier alpha value is -0.980. The smallest absolute Gasteiger partial charge is 0.191 e. The molecule has 2 aromatic rings. The largest absolute Gasteiger partial charge is 0.324 e. The van der Waals surface area contributed by atoms with Crippen LogP contribution in [0.3, 0.4) is 0 Å². The molecule has 21 heavy (non-hydrogen) atoms. The molecule has 0 aliphatic carbocycles. The molecule has 1 aliphatic heterocycles. The molecular weight excluding hydrogens is 300 g/mol. The zero-order valence-electron chi connectivity index (χ0n) is 12.2. The van der Waals surface area contributed by atoms with Gasteiger partial charge in [0.2, 0.25) is 0 Å². The molecule has 6 heteroatoms. The van der Waals surface area contributed by atoms with Gasteiger partial charge in [-0.1, -0.05) is 36.9 Å². The van der Waals surface area contributed by atoms with Crippen molar-refractivity contribution in [2.45, 2.75) is 48.2 Å². The van der Waals surface area contributed by atoms with Gasteiger partial charge in [0.05, 0.1) is 6.54 Å². The van der Waals surface area contributed by atoms with Crippen molar-refractivity contribution in [1.82, 2.24) is 14.8 Å². The lowest BCUT2D eigenvalue weighted by atomic mass is 10.1. The summed E-state index contributed by atoms with van der Waals surface area (Å²) in [6.45, 7) is 3.56. The molecule has 1 atom stereocenters. The van der Waals surface area contributed by atoms with E-state index in [1.54, 1.807) is 11.8 Å². The third kappa shape index (κ3) is 3.27. The van der Waals surface area contributed by atoms with E-state index in [1.807, 2.05) is 11.8 Å². The average molecular weight is 320 g/mol. The van der Waals surface area contributed by atoms with Crippen LogP contribution in [0.2, 0.25) is 0 Å². The molecule has 2 heterocycles. The Labute approximate surface area is 133 Å². The van der Waals surface area contributed by atoms with Crippen molar-refractivity contribution in [3.63, 3.8) is 0 Å². The molecule has 0 fully saturated rings. The first kappa shape index (κ1) is 14.9. The number of nitrogens with two attached hydrogens (primary N) is 1. The van der Waals surface area contributed by atoms with E-state index in [9.17, 15) is 0 Å². The number of hydrogen-bond donors (Lipinski definition) is 1. The number of nitrogens with zero attached hydrogens (tertiary/aromatic N) is 3. The van der Waals surface area contributed by atoms with Crippen molar-refractivity contribution < 1.29 is 0 Å². The van der Waals surface area contributed by atoms with Crippen LogP contribution in [0.5, 0.6) is 0 Å². The van der Waals surface area contributed by atoms with E-state index in [1.165, 1.54) is 10.5 Å². The van der Waals surface area contributed by atoms with Crippen LogP contribution in [0.1, 0.15) is 24.7 Å². The Morgan fingerprint density at radius 1 is 1.38 bits per heavy atom. The zero-order chi connectivity index (χ0) is 14.7. The van der Waals surface area contributed by atoms with Crippen molar-refractivity contribution in [2.75, 3.05) is 5.75 Å². The van der Waals surface area contributed by atoms with Gasteiger partial charge in [-0.15, -0.1) is 22.0 Å². The quantitative estimate of drug-likeness (QED) is 0.829. The predicted molar refractivity (Wildman–Crippen MR) is 88.7 cm³/mol. The summed E-state index contributed by atoms with van der Waals surface area (Å²) in [5, 5.41) is 10.1. The van der Waals surface area contributed by atoms with Crippen molar-refractivity contribution in [3.8, 4) is 0 Å². The second kappa shape index (κ2) is 6.85. The van der Waals surface area contributed by atoms with Gasteiger partial charge in [0.15, 0.2) is 5.16 Å². The van der Waals surface area contributed by atoms with Crippen molar-refractivity contribution in [1.29, 1.82) is 0 Å². The summed E-state index contributed by atoms with van der Waals surface area (Å²) in [4.78, 5) is 1.43. The number of benzene rings is 1. The Morgan fingerprint density at radius 3 is 3.00 bits per heavy atom. The molecular formula is C15H20N4S2. The van der Waals surface area contributed by atoms with Gasteiger partial charge in [-0.2, -0.15) is 0 Å². The molecule has 0 amide bonds. The zero-order valence-corrected chi connectivity index (χ0v) is 13.8. The highest BCUT2D eigenvalue weighted by Gasteiger charge is 2.23. The fourth-order valence-electron chi connectivity index (χ4n) is 2.54. The highest BCUT2D eigenvalue weighted by atomic mass is 32.2. The number of thioether (sulfide) groups is 2. The van der Waals surface area contributed by atoms with Gasteiger partial charge >= 0.3 is 0 Å². The summed E-state index contributed by atoms with van der Waals surface area (Å²) in [6, 6.07) is 8.70. The first-order chi connectivity index (χ1) is 10.3. The summed E-state index contributed by atoms with van der Waals surface area (Å²) >= 11 is 3.79. The third-order valence-electron chi connectivity index (χ3n) is 3.54. The van der Waals surface area contributed by atoms with Gasteiger partial charge in [-0.05, 0) is 24.5 Å². The van der Waals surface area contributed by atoms with Crippen LogP contribution in [0.25, 0.3) is 0 Å². The minimum absolute atomic E-state index is 0.456. The lowest BCUT2D eigenvalue weighted by Gasteiger charge is -2.10. The summed E-state index contributed by atoms with van der Waals surface area (Å²) in [5.41, 5.74) is 7.21. The molecule has 0 radical (unpaired) electrons. The lowest BCUT2D eigenvalue weighted by Crippen LogP contribution is -2.10. The number of fused-ring (bicyclic) bond motifs is 1. The van der Waals surface area contributed by atoms with Crippen LogP contribution in [-0.4, -0.2) is 25.8 Å². The van der Waals surface area contributed by atoms with E-state index in [0.717, 1.165) is 36.1 Å². The molecule has 1 aromatic carbocycles. The summed E-state index contributed by atoms with van der Waals surface area (Å²) < 4.78 is 2.16. The van der Waals surface area contributed by atoms with Gasteiger partial charge in [-0.25, -0.2) is 0 Å².